The second-order valence-corrected chi connectivity index (χ2v) is 6.43. The van der Waals surface area contributed by atoms with Crippen molar-refractivity contribution in [3.8, 4) is 22.9 Å². The lowest BCUT2D eigenvalue weighted by atomic mass is 10.2. The first-order valence-corrected chi connectivity index (χ1v) is 8.79. The largest absolute Gasteiger partial charge is 0.493 e. The Hall–Kier alpha value is -2.80. The summed E-state index contributed by atoms with van der Waals surface area (Å²) in [7, 11) is 1.64. The normalized spacial score (nSPS) is 10.8. The van der Waals surface area contributed by atoms with Gasteiger partial charge in [0.15, 0.2) is 17.3 Å². The molecule has 3 aromatic rings. The van der Waals surface area contributed by atoms with Gasteiger partial charge in [-0.25, -0.2) is 9.77 Å². The van der Waals surface area contributed by atoms with E-state index < -0.39 is 0 Å². The van der Waals surface area contributed by atoms with Crippen LogP contribution in [0.1, 0.15) is 19.4 Å². The fraction of sp³-hybridized carbons (Fsp3) is 0.263. The Labute approximate surface area is 157 Å². The van der Waals surface area contributed by atoms with Crippen LogP contribution in [0.4, 0.5) is 0 Å². The minimum Gasteiger partial charge on any atom is -0.493 e. The number of nitrogens with zero attached hydrogens (tertiary/aromatic N) is 2. The monoisotopic (exact) mass is 370 g/mol. The molecule has 0 unspecified atom stereocenters. The predicted molar refractivity (Wildman–Crippen MR) is 105 cm³/mol. The highest BCUT2D eigenvalue weighted by atomic mass is 32.1. The number of benzene rings is 2. The molecule has 7 heteroatoms. The Morgan fingerprint density at radius 2 is 1.92 bits per heavy atom. The molecule has 136 valence electrons. The van der Waals surface area contributed by atoms with Crippen molar-refractivity contribution in [1.29, 1.82) is 0 Å². The van der Waals surface area contributed by atoms with E-state index in [1.54, 1.807) is 11.8 Å². The number of methoxy groups -OCH3 is 1. The topological polar surface area (TPSA) is 64.1 Å². The summed E-state index contributed by atoms with van der Waals surface area (Å²) in [5.74, 6) is 2.18. The van der Waals surface area contributed by atoms with Crippen LogP contribution < -0.4 is 14.9 Å². The summed E-state index contributed by atoms with van der Waals surface area (Å²) < 4.78 is 13.5. The van der Waals surface area contributed by atoms with E-state index in [0.29, 0.717) is 17.1 Å². The maximum atomic E-state index is 5.76. The van der Waals surface area contributed by atoms with E-state index in [4.69, 9.17) is 21.7 Å². The molecular formula is C19H22N4O2S. The summed E-state index contributed by atoms with van der Waals surface area (Å²) >= 11 is 5.34. The molecule has 0 saturated carbocycles. The Morgan fingerprint density at radius 3 is 2.62 bits per heavy atom. The van der Waals surface area contributed by atoms with Gasteiger partial charge in [-0.3, -0.25) is 0 Å². The molecule has 0 atom stereocenters. The minimum atomic E-state index is 0.0885. The van der Waals surface area contributed by atoms with Crippen molar-refractivity contribution in [2.75, 3.05) is 12.5 Å². The molecule has 1 aromatic heterocycles. The molecule has 6 nitrogen and oxygen atoms in total. The molecule has 0 aliphatic heterocycles. The van der Waals surface area contributed by atoms with Gasteiger partial charge < -0.3 is 14.9 Å². The van der Waals surface area contributed by atoms with Crippen LogP contribution >= 0.6 is 12.2 Å². The Bertz CT molecular complexity index is 919. The third-order valence-electron chi connectivity index (χ3n) is 3.74. The molecule has 0 saturated heterocycles. The summed E-state index contributed by atoms with van der Waals surface area (Å²) in [6.45, 7) is 4.54. The van der Waals surface area contributed by atoms with Crippen molar-refractivity contribution >= 4 is 12.2 Å². The zero-order valence-corrected chi connectivity index (χ0v) is 15.8. The average molecular weight is 370 g/mol. The van der Waals surface area contributed by atoms with Gasteiger partial charge in [0.1, 0.15) is 0 Å². The minimum absolute atomic E-state index is 0.0885. The van der Waals surface area contributed by atoms with E-state index in [1.807, 2.05) is 62.4 Å². The molecule has 2 N–H and O–H groups in total. The summed E-state index contributed by atoms with van der Waals surface area (Å²) in [6, 6.07) is 15.8. The van der Waals surface area contributed by atoms with Crippen molar-refractivity contribution in [2.45, 2.75) is 26.5 Å². The number of ether oxygens (including phenoxy) is 2. The summed E-state index contributed by atoms with van der Waals surface area (Å²) in [6.07, 6.45) is 0.0885. The Balaban J connectivity index is 1.80. The van der Waals surface area contributed by atoms with Crippen LogP contribution in [0.2, 0.25) is 0 Å². The zero-order chi connectivity index (χ0) is 18.5. The summed E-state index contributed by atoms with van der Waals surface area (Å²) in [5.41, 5.74) is 5.33. The van der Waals surface area contributed by atoms with E-state index in [1.165, 1.54) is 0 Å². The molecule has 0 aliphatic rings. The molecule has 0 bridgehead atoms. The molecule has 0 aliphatic carbocycles. The lowest BCUT2D eigenvalue weighted by Gasteiger charge is -2.15. The lowest BCUT2D eigenvalue weighted by molar-refractivity contribution is 0.230. The highest BCUT2D eigenvalue weighted by molar-refractivity contribution is 7.71. The van der Waals surface area contributed by atoms with Crippen molar-refractivity contribution < 1.29 is 9.47 Å². The third-order valence-corrected chi connectivity index (χ3v) is 4.01. The highest BCUT2D eigenvalue weighted by Gasteiger charge is 2.10. The number of rotatable bonds is 7. The van der Waals surface area contributed by atoms with Gasteiger partial charge in [0.05, 0.1) is 19.8 Å². The SMILES string of the molecule is COc1cc(CNn2c(-c3ccccc3)n[nH]c2=S)ccc1OC(C)C. The maximum absolute atomic E-state index is 5.76. The van der Waals surface area contributed by atoms with Gasteiger partial charge in [-0.1, -0.05) is 36.4 Å². The van der Waals surface area contributed by atoms with Crippen LogP contribution in [0, 0.1) is 4.77 Å². The van der Waals surface area contributed by atoms with Gasteiger partial charge in [0.25, 0.3) is 0 Å². The number of H-pyrrole nitrogens is 1. The summed E-state index contributed by atoms with van der Waals surface area (Å²) in [5, 5.41) is 7.15. The molecule has 0 radical (unpaired) electrons. The Morgan fingerprint density at radius 1 is 1.15 bits per heavy atom. The average Bonchev–Trinajstić information content (AvgIpc) is 3.01. The van der Waals surface area contributed by atoms with Gasteiger partial charge in [0.2, 0.25) is 4.77 Å². The van der Waals surface area contributed by atoms with Crippen molar-refractivity contribution in [2.24, 2.45) is 0 Å². The van der Waals surface area contributed by atoms with Crippen LogP contribution in [0.3, 0.4) is 0 Å². The second kappa shape index (κ2) is 8.05. The first kappa shape index (κ1) is 18.0. The first-order valence-electron chi connectivity index (χ1n) is 8.38. The van der Waals surface area contributed by atoms with Crippen molar-refractivity contribution in [3.63, 3.8) is 0 Å². The third kappa shape index (κ3) is 4.05. The number of aromatic amines is 1. The lowest BCUT2D eigenvalue weighted by Crippen LogP contribution is -2.16. The van der Waals surface area contributed by atoms with Crippen molar-refractivity contribution in [3.05, 3.63) is 58.9 Å². The number of hydrogen-bond donors (Lipinski definition) is 2. The van der Waals surface area contributed by atoms with E-state index in [9.17, 15) is 0 Å². The molecule has 26 heavy (non-hydrogen) atoms. The van der Waals surface area contributed by atoms with Gasteiger partial charge >= 0.3 is 0 Å². The zero-order valence-electron chi connectivity index (χ0n) is 15.0. The first-order chi connectivity index (χ1) is 12.6. The molecule has 0 amide bonds. The van der Waals surface area contributed by atoms with Gasteiger partial charge in [-0.15, -0.1) is 0 Å². The van der Waals surface area contributed by atoms with Gasteiger partial charge in [0, 0.05) is 5.56 Å². The van der Waals surface area contributed by atoms with E-state index in [-0.39, 0.29) is 6.10 Å². The standard InChI is InChI=1S/C19H22N4O2S/c1-13(2)25-16-10-9-14(11-17(16)24-3)12-20-23-18(21-22-19(23)26)15-7-5-4-6-8-15/h4-11,13,20H,12H2,1-3H3,(H,22,26). The predicted octanol–water partition coefficient (Wildman–Crippen LogP) is 4.15. The molecule has 0 fully saturated rings. The van der Waals surface area contributed by atoms with Gasteiger partial charge in [-0.05, 0) is 43.8 Å². The fourth-order valence-corrected chi connectivity index (χ4v) is 2.76. The summed E-state index contributed by atoms with van der Waals surface area (Å²) in [4.78, 5) is 0. The highest BCUT2D eigenvalue weighted by Crippen LogP contribution is 2.29. The molecular weight excluding hydrogens is 348 g/mol. The molecule has 2 aromatic carbocycles. The molecule has 1 heterocycles. The Kier molecular flexibility index (Phi) is 5.58. The number of aromatic nitrogens is 3. The fourth-order valence-electron chi connectivity index (χ4n) is 2.57. The number of hydrogen-bond acceptors (Lipinski definition) is 5. The van der Waals surface area contributed by atoms with Gasteiger partial charge in [-0.2, -0.15) is 5.10 Å². The van der Waals surface area contributed by atoms with Crippen LogP contribution in [0.25, 0.3) is 11.4 Å². The van der Waals surface area contributed by atoms with E-state index in [0.717, 1.165) is 22.7 Å². The quantitative estimate of drug-likeness (QED) is 0.612. The van der Waals surface area contributed by atoms with Crippen LogP contribution in [-0.2, 0) is 6.54 Å². The number of nitrogens with one attached hydrogen (secondary N) is 2. The van der Waals surface area contributed by atoms with Crippen LogP contribution in [0.5, 0.6) is 11.5 Å². The van der Waals surface area contributed by atoms with E-state index >= 15 is 0 Å². The molecule has 3 rings (SSSR count). The van der Waals surface area contributed by atoms with E-state index in [2.05, 4.69) is 15.6 Å². The molecule has 0 spiro atoms. The van der Waals surface area contributed by atoms with Crippen LogP contribution in [0.15, 0.2) is 48.5 Å². The smallest absolute Gasteiger partial charge is 0.214 e. The second-order valence-electron chi connectivity index (χ2n) is 6.04. The maximum Gasteiger partial charge on any atom is 0.214 e. The van der Waals surface area contributed by atoms with Crippen molar-refractivity contribution in [1.82, 2.24) is 14.9 Å². The van der Waals surface area contributed by atoms with Crippen LogP contribution in [-0.4, -0.2) is 28.1 Å².